The standard InChI is InChI=1S/C17H18N2O/c18-17(19)15-5-2-6-16(10-15)20-11-12-7-8-13-3-1-4-14(13)9-12/h2,5-10H,1,3-4,11H2,(H3,18,19). The molecule has 0 bridgehead atoms. The van der Waals surface area contributed by atoms with E-state index < -0.39 is 0 Å². The second kappa shape index (κ2) is 5.37. The lowest BCUT2D eigenvalue weighted by molar-refractivity contribution is 0.306. The molecular weight excluding hydrogens is 248 g/mol. The van der Waals surface area contributed by atoms with E-state index in [9.17, 15) is 0 Å². The number of fused-ring (bicyclic) bond motifs is 1. The highest BCUT2D eigenvalue weighted by molar-refractivity contribution is 5.95. The lowest BCUT2D eigenvalue weighted by Gasteiger charge is -2.09. The summed E-state index contributed by atoms with van der Waals surface area (Å²) in [5, 5.41) is 7.43. The number of ether oxygens (including phenoxy) is 1. The molecule has 1 aliphatic rings. The minimum atomic E-state index is 0.0629. The highest BCUT2D eigenvalue weighted by Gasteiger charge is 2.10. The molecule has 2 aromatic carbocycles. The Balaban J connectivity index is 1.70. The lowest BCUT2D eigenvalue weighted by atomic mass is 10.1. The van der Waals surface area contributed by atoms with E-state index in [-0.39, 0.29) is 5.84 Å². The van der Waals surface area contributed by atoms with E-state index >= 15 is 0 Å². The van der Waals surface area contributed by atoms with Crippen LogP contribution in [0.4, 0.5) is 0 Å². The molecule has 0 saturated carbocycles. The van der Waals surface area contributed by atoms with Gasteiger partial charge in [0.2, 0.25) is 0 Å². The second-order valence-electron chi connectivity index (χ2n) is 5.19. The zero-order chi connectivity index (χ0) is 13.9. The number of nitrogens with one attached hydrogen (secondary N) is 1. The summed E-state index contributed by atoms with van der Waals surface area (Å²) < 4.78 is 5.79. The van der Waals surface area contributed by atoms with Crippen molar-refractivity contribution >= 4 is 5.84 Å². The average Bonchev–Trinajstić information content (AvgIpc) is 2.93. The number of nitrogens with two attached hydrogens (primary N) is 1. The van der Waals surface area contributed by atoms with Gasteiger partial charge in [0.25, 0.3) is 0 Å². The van der Waals surface area contributed by atoms with Gasteiger partial charge in [-0.25, -0.2) is 0 Å². The minimum absolute atomic E-state index is 0.0629. The number of rotatable bonds is 4. The Morgan fingerprint density at radius 2 is 1.95 bits per heavy atom. The molecule has 2 aromatic rings. The first-order valence-corrected chi connectivity index (χ1v) is 6.90. The Hall–Kier alpha value is -2.29. The average molecular weight is 266 g/mol. The maximum absolute atomic E-state index is 7.43. The van der Waals surface area contributed by atoms with Crippen molar-refractivity contribution in [2.24, 2.45) is 5.73 Å². The molecular formula is C17H18N2O. The molecule has 0 spiro atoms. The monoisotopic (exact) mass is 266 g/mol. The van der Waals surface area contributed by atoms with Crippen LogP contribution in [-0.4, -0.2) is 5.84 Å². The van der Waals surface area contributed by atoms with Crippen LogP contribution in [0, 0.1) is 5.41 Å². The van der Waals surface area contributed by atoms with Gasteiger partial charge in [0.15, 0.2) is 0 Å². The minimum Gasteiger partial charge on any atom is -0.489 e. The van der Waals surface area contributed by atoms with Gasteiger partial charge in [0.1, 0.15) is 18.2 Å². The topological polar surface area (TPSA) is 59.1 Å². The van der Waals surface area contributed by atoms with Gasteiger partial charge in [-0.2, -0.15) is 0 Å². The summed E-state index contributed by atoms with van der Waals surface area (Å²) in [4.78, 5) is 0. The fourth-order valence-corrected chi connectivity index (χ4v) is 2.64. The van der Waals surface area contributed by atoms with Gasteiger partial charge >= 0.3 is 0 Å². The van der Waals surface area contributed by atoms with E-state index in [2.05, 4.69) is 18.2 Å². The third-order valence-corrected chi connectivity index (χ3v) is 3.71. The third-order valence-electron chi connectivity index (χ3n) is 3.71. The maximum atomic E-state index is 7.43. The van der Waals surface area contributed by atoms with E-state index in [1.165, 1.54) is 36.0 Å². The van der Waals surface area contributed by atoms with Crippen molar-refractivity contribution in [1.82, 2.24) is 0 Å². The first-order chi connectivity index (χ1) is 9.72. The normalized spacial score (nSPS) is 13.0. The molecule has 0 amide bonds. The molecule has 3 heteroatoms. The van der Waals surface area contributed by atoms with E-state index in [4.69, 9.17) is 15.9 Å². The van der Waals surface area contributed by atoms with Crippen LogP contribution >= 0.6 is 0 Å². The van der Waals surface area contributed by atoms with Crippen LogP contribution in [0.1, 0.15) is 28.7 Å². The largest absolute Gasteiger partial charge is 0.489 e. The Kier molecular flexibility index (Phi) is 3.42. The summed E-state index contributed by atoms with van der Waals surface area (Å²) in [5.41, 5.74) is 10.3. The molecule has 0 atom stereocenters. The molecule has 0 unspecified atom stereocenters. The zero-order valence-electron chi connectivity index (χ0n) is 11.4. The maximum Gasteiger partial charge on any atom is 0.122 e. The van der Waals surface area contributed by atoms with Crippen molar-refractivity contribution in [3.63, 3.8) is 0 Å². The Morgan fingerprint density at radius 1 is 1.10 bits per heavy atom. The van der Waals surface area contributed by atoms with E-state index in [1.54, 1.807) is 6.07 Å². The van der Waals surface area contributed by atoms with E-state index in [0.717, 1.165) is 5.75 Å². The van der Waals surface area contributed by atoms with Gasteiger partial charge in [-0.15, -0.1) is 0 Å². The van der Waals surface area contributed by atoms with Crippen LogP contribution in [0.3, 0.4) is 0 Å². The molecule has 3 N–H and O–H groups in total. The molecule has 1 aliphatic carbocycles. The number of hydrogen-bond acceptors (Lipinski definition) is 2. The van der Waals surface area contributed by atoms with Crippen molar-refractivity contribution in [2.75, 3.05) is 0 Å². The van der Waals surface area contributed by atoms with Gasteiger partial charge in [-0.3, -0.25) is 5.41 Å². The smallest absolute Gasteiger partial charge is 0.122 e. The molecule has 0 radical (unpaired) electrons. The van der Waals surface area contributed by atoms with Crippen LogP contribution < -0.4 is 10.5 Å². The van der Waals surface area contributed by atoms with Crippen molar-refractivity contribution < 1.29 is 4.74 Å². The first kappa shape index (κ1) is 12.7. The van der Waals surface area contributed by atoms with Gasteiger partial charge in [-0.1, -0.05) is 30.3 Å². The Morgan fingerprint density at radius 3 is 2.80 bits per heavy atom. The van der Waals surface area contributed by atoms with Crippen LogP contribution in [0.2, 0.25) is 0 Å². The molecule has 3 rings (SSSR count). The molecule has 0 aromatic heterocycles. The predicted octanol–water partition coefficient (Wildman–Crippen LogP) is 3.04. The molecule has 0 saturated heterocycles. The Labute approximate surface area is 118 Å². The van der Waals surface area contributed by atoms with Crippen molar-refractivity contribution in [2.45, 2.75) is 25.9 Å². The summed E-state index contributed by atoms with van der Waals surface area (Å²) in [5.74, 6) is 0.811. The fraction of sp³-hybridized carbons (Fsp3) is 0.235. The summed E-state index contributed by atoms with van der Waals surface area (Å²) in [7, 11) is 0. The van der Waals surface area contributed by atoms with Gasteiger partial charge in [0.05, 0.1) is 0 Å². The molecule has 102 valence electrons. The van der Waals surface area contributed by atoms with Crippen molar-refractivity contribution in [3.05, 3.63) is 64.7 Å². The molecule has 20 heavy (non-hydrogen) atoms. The van der Waals surface area contributed by atoms with Crippen molar-refractivity contribution in [1.29, 1.82) is 5.41 Å². The highest BCUT2D eigenvalue weighted by Crippen LogP contribution is 2.23. The van der Waals surface area contributed by atoms with Crippen LogP contribution in [0.25, 0.3) is 0 Å². The molecule has 3 nitrogen and oxygen atoms in total. The second-order valence-corrected chi connectivity index (χ2v) is 5.19. The van der Waals surface area contributed by atoms with Crippen LogP contribution in [0.15, 0.2) is 42.5 Å². The summed E-state index contributed by atoms with van der Waals surface area (Å²) in [6.45, 7) is 0.550. The van der Waals surface area contributed by atoms with Crippen LogP contribution in [0.5, 0.6) is 5.75 Å². The van der Waals surface area contributed by atoms with Gasteiger partial charge < -0.3 is 10.5 Å². The van der Waals surface area contributed by atoms with Gasteiger partial charge in [0, 0.05) is 5.56 Å². The summed E-state index contributed by atoms with van der Waals surface area (Å²) in [6.07, 6.45) is 3.65. The number of nitrogen functional groups attached to an aromatic ring is 1. The van der Waals surface area contributed by atoms with Gasteiger partial charge in [-0.05, 0) is 48.1 Å². The number of hydrogen-bond donors (Lipinski definition) is 2. The molecule has 0 fully saturated rings. The summed E-state index contributed by atoms with van der Waals surface area (Å²) >= 11 is 0. The van der Waals surface area contributed by atoms with E-state index in [0.29, 0.717) is 12.2 Å². The van der Waals surface area contributed by atoms with Crippen LogP contribution in [-0.2, 0) is 19.4 Å². The third kappa shape index (κ3) is 2.67. The summed E-state index contributed by atoms with van der Waals surface area (Å²) in [6, 6.07) is 14.0. The quantitative estimate of drug-likeness (QED) is 0.660. The fourth-order valence-electron chi connectivity index (χ4n) is 2.64. The number of benzene rings is 2. The zero-order valence-corrected chi connectivity index (χ0v) is 11.4. The molecule has 0 heterocycles. The Bertz CT molecular complexity index is 649. The SMILES string of the molecule is N=C(N)c1cccc(OCc2ccc3c(c2)CCC3)c1. The number of amidine groups is 1. The highest BCUT2D eigenvalue weighted by atomic mass is 16.5. The predicted molar refractivity (Wildman–Crippen MR) is 80.3 cm³/mol. The molecule has 0 aliphatic heterocycles. The van der Waals surface area contributed by atoms with E-state index in [1.807, 2.05) is 18.2 Å². The number of aryl methyl sites for hydroxylation is 2. The first-order valence-electron chi connectivity index (χ1n) is 6.90. The van der Waals surface area contributed by atoms with Crippen molar-refractivity contribution in [3.8, 4) is 5.75 Å². The lowest BCUT2D eigenvalue weighted by Crippen LogP contribution is -2.10.